The summed E-state index contributed by atoms with van der Waals surface area (Å²) in [4.78, 5) is 4.23. The van der Waals surface area contributed by atoms with E-state index in [1.807, 2.05) is 22.8 Å². The van der Waals surface area contributed by atoms with Gasteiger partial charge in [-0.25, -0.2) is 4.98 Å². The Kier molecular flexibility index (Phi) is 5.39. The van der Waals surface area contributed by atoms with Crippen LogP contribution >= 0.6 is 35.0 Å². The zero-order chi connectivity index (χ0) is 17.8. The zero-order valence-electron chi connectivity index (χ0n) is 12.9. The number of nitrogens with zero attached hydrogens (tertiary/aromatic N) is 5. The summed E-state index contributed by atoms with van der Waals surface area (Å²) in [5.41, 5.74) is 1.08. The Balaban J connectivity index is 1.98. The van der Waals surface area contributed by atoms with Gasteiger partial charge in [0.2, 0.25) is 0 Å². The van der Waals surface area contributed by atoms with E-state index in [1.165, 1.54) is 11.8 Å². The number of aromatic nitrogens is 4. The predicted molar refractivity (Wildman–Crippen MR) is 98.8 cm³/mol. The van der Waals surface area contributed by atoms with Gasteiger partial charge in [-0.15, -0.1) is 16.8 Å². The third-order valence-corrected chi connectivity index (χ3v) is 4.73. The largest absolute Gasteiger partial charge is 0.298 e. The van der Waals surface area contributed by atoms with Crippen LogP contribution in [0.2, 0.25) is 10.0 Å². The van der Waals surface area contributed by atoms with Crippen LogP contribution in [0.5, 0.6) is 0 Å². The van der Waals surface area contributed by atoms with E-state index in [-0.39, 0.29) is 5.69 Å². The van der Waals surface area contributed by atoms with E-state index in [9.17, 15) is 0 Å². The summed E-state index contributed by atoms with van der Waals surface area (Å²) in [6.07, 6.45) is 1.77. The fraction of sp³-hybridized carbons (Fsp3) is 0.0588. The van der Waals surface area contributed by atoms with E-state index in [2.05, 4.69) is 21.8 Å². The van der Waals surface area contributed by atoms with Crippen LogP contribution in [-0.4, -0.2) is 19.7 Å². The second-order valence-electron chi connectivity index (χ2n) is 4.91. The summed E-state index contributed by atoms with van der Waals surface area (Å²) < 4.78 is 1.92. The first-order chi connectivity index (χ1) is 12.1. The lowest BCUT2D eigenvalue weighted by molar-refractivity contribution is 0.730. The molecule has 0 aliphatic rings. The van der Waals surface area contributed by atoms with Gasteiger partial charge in [0.1, 0.15) is 11.1 Å². The second kappa shape index (κ2) is 7.70. The van der Waals surface area contributed by atoms with Crippen LogP contribution < -0.4 is 0 Å². The Morgan fingerprint density at radius 3 is 2.60 bits per heavy atom. The van der Waals surface area contributed by atoms with Crippen LogP contribution in [0.1, 0.15) is 5.69 Å². The van der Waals surface area contributed by atoms with Crippen molar-refractivity contribution < 1.29 is 0 Å². The van der Waals surface area contributed by atoms with Crippen LogP contribution in [0.3, 0.4) is 0 Å². The molecule has 8 heteroatoms. The Morgan fingerprint density at radius 2 is 1.92 bits per heavy atom. The fourth-order valence-electron chi connectivity index (χ4n) is 2.12. The van der Waals surface area contributed by atoms with Crippen LogP contribution in [0, 0.1) is 11.3 Å². The molecule has 0 saturated carbocycles. The van der Waals surface area contributed by atoms with Crippen molar-refractivity contribution in [2.75, 3.05) is 0 Å². The van der Waals surface area contributed by atoms with Gasteiger partial charge >= 0.3 is 0 Å². The standard InChI is InChI=1S/C17H11Cl2N5S/c1-2-9-24-16(11-3-5-12(18)6-4-11)22-23-17(24)25-15-8-7-13(19)14(10-20)21-15/h2-8H,1,9H2. The monoisotopic (exact) mass is 387 g/mol. The van der Waals surface area contributed by atoms with Gasteiger partial charge in [0.05, 0.1) is 5.02 Å². The molecule has 25 heavy (non-hydrogen) atoms. The van der Waals surface area contributed by atoms with Gasteiger partial charge in [0, 0.05) is 17.1 Å². The van der Waals surface area contributed by atoms with Crippen LogP contribution in [0.4, 0.5) is 0 Å². The van der Waals surface area contributed by atoms with Crippen molar-refractivity contribution in [3.8, 4) is 17.5 Å². The highest BCUT2D eigenvalue weighted by molar-refractivity contribution is 7.99. The maximum absolute atomic E-state index is 9.06. The molecule has 0 fully saturated rings. The molecular weight excluding hydrogens is 377 g/mol. The molecule has 0 saturated heterocycles. The number of rotatable bonds is 5. The van der Waals surface area contributed by atoms with Crippen molar-refractivity contribution in [1.82, 2.24) is 19.7 Å². The molecule has 0 radical (unpaired) electrons. The summed E-state index contributed by atoms with van der Waals surface area (Å²) in [6, 6.07) is 12.7. The van der Waals surface area contributed by atoms with Crippen LogP contribution in [-0.2, 0) is 6.54 Å². The molecule has 124 valence electrons. The molecule has 2 heterocycles. The summed E-state index contributed by atoms with van der Waals surface area (Å²) >= 11 is 13.2. The average Bonchev–Trinajstić information content (AvgIpc) is 3.00. The number of allylic oxidation sites excluding steroid dienone is 1. The molecular formula is C17H11Cl2N5S. The van der Waals surface area contributed by atoms with Crippen molar-refractivity contribution in [2.24, 2.45) is 0 Å². The lowest BCUT2D eigenvalue weighted by atomic mass is 10.2. The van der Waals surface area contributed by atoms with Crippen molar-refractivity contribution in [3.05, 3.63) is 64.8 Å². The molecule has 2 aromatic heterocycles. The molecule has 3 aromatic rings. The van der Waals surface area contributed by atoms with Crippen molar-refractivity contribution in [2.45, 2.75) is 16.7 Å². The first-order valence-corrected chi connectivity index (χ1v) is 8.74. The Morgan fingerprint density at radius 1 is 1.16 bits per heavy atom. The molecule has 1 aromatic carbocycles. The van der Waals surface area contributed by atoms with Gasteiger partial charge in [0.15, 0.2) is 16.7 Å². The normalized spacial score (nSPS) is 10.4. The van der Waals surface area contributed by atoms with E-state index in [0.717, 1.165) is 5.56 Å². The quantitative estimate of drug-likeness (QED) is 0.584. The van der Waals surface area contributed by atoms with Gasteiger partial charge in [-0.2, -0.15) is 5.26 Å². The van der Waals surface area contributed by atoms with Gasteiger partial charge < -0.3 is 0 Å². The Bertz CT molecular complexity index is 960. The van der Waals surface area contributed by atoms with E-state index in [0.29, 0.717) is 32.6 Å². The van der Waals surface area contributed by atoms with Crippen molar-refractivity contribution in [3.63, 3.8) is 0 Å². The SMILES string of the molecule is C=CCn1c(Sc2ccc(Cl)c(C#N)n2)nnc1-c1ccc(Cl)cc1. The Hall–Kier alpha value is -2.33. The van der Waals surface area contributed by atoms with Crippen molar-refractivity contribution >= 4 is 35.0 Å². The molecule has 0 unspecified atom stereocenters. The lowest BCUT2D eigenvalue weighted by Gasteiger charge is -2.08. The highest BCUT2D eigenvalue weighted by Gasteiger charge is 2.15. The van der Waals surface area contributed by atoms with Crippen LogP contribution in [0.25, 0.3) is 11.4 Å². The first-order valence-electron chi connectivity index (χ1n) is 7.17. The molecule has 0 amide bonds. The number of halogens is 2. The third kappa shape index (κ3) is 3.85. The molecule has 0 aliphatic carbocycles. The smallest absolute Gasteiger partial charge is 0.198 e. The fourth-order valence-corrected chi connectivity index (χ4v) is 3.21. The topological polar surface area (TPSA) is 67.4 Å². The number of benzene rings is 1. The second-order valence-corrected chi connectivity index (χ2v) is 6.74. The summed E-state index contributed by atoms with van der Waals surface area (Å²) in [5, 5.41) is 19.8. The number of hydrogen-bond donors (Lipinski definition) is 0. The lowest BCUT2D eigenvalue weighted by Crippen LogP contribution is -2.00. The number of pyridine rings is 1. The van der Waals surface area contributed by atoms with E-state index in [4.69, 9.17) is 28.5 Å². The predicted octanol–water partition coefficient (Wildman–Crippen LogP) is 4.86. The maximum atomic E-state index is 9.06. The minimum atomic E-state index is 0.180. The van der Waals surface area contributed by atoms with Crippen molar-refractivity contribution in [1.29, 1.82) is 5.26 Å². The summed E-state index contributed by atoms with van der Waals surface area (Å²) in [7, 11) is 0. The summed E-state index contributed by atoms with van der Waals surface area (Å²) in [6.45, 7) is 4.32. The third-order valence-electron chi connectivity index (χ3n) is 3.25. The van der Waals surface area contributed by atoms with Gasteiger partial charge in [-0.3, -0.25) is 4.57 Å². The Labute approximate surface area is 158 Å². The number of hydrogen-bond acceptors (Lipinski definition) is 5. The maximum Gasteiger partial charge on any atom is 0.198 e. The molecule has 0 atom stereocenters. The zero-order valence-corrected chi connectivity index (χ0v) is 15.2. The van der Waals surface area contributed by atoms with E-state index in [1.54, 1.807) is 30.3 Å². The average molecular weight is 388 g/mol. The molecule has 5 nitrogen and oxygen atoms in total. The number of nitriles is 1. The minimum absolute atomic E-state index is 0.180. The van der Waals surface area contributed by atoms with Crippen LogP contribution in [0.15, 0.2) is 59.2 Å². The van der Waals surface area contributed by atoms with Gasteiger partial charge in [-0.05, 0) is 48.2 Å². The molecule has 0 spiro atoms. The minimum Gasteiger partial charge on any atom is -0.298 e. The van der Waals surface area contributed by atoms with Gasteiger partial charge in [0.25, 0.3) is 0 Å². The first kappa shape index (κ1) is 17.5. The van der Waals surface area contributed by atoms with Gasteiger partial charge in [-0.1, -0.05) is 29.3 Å². The molecule has 3 rings (SSSR count). The van der Waals surface area contributed by atoms with E-state index >= 15 is 0 Å². The highest BCUT2D eigenvalue weighted by Crippen LogP contribution is 2.30. The summed E-state index contributed by atoms with van der Waals surface area (Å²) in [5.74, 6) is 0.702. The molecule has 0 N–H and O–H groups in total. The molecule has 0 bridgehead atoms. The highest BCUT2D eigenvalue weighted by atomic mass is 35.5. The van der Waals surface area contributed by atoms with E-state index < -0.39 is 0 Å². The molecule has 0 aliphatic heterocycles.